The molecular weight excluding hydrogens is 483 g/mol. The number of hydrogen-bond acceptors (Lipinski definition) is 10. The van der Waals surface area contributed by atoms with Crippen LogP contribution in [-0.4, -0.2) is 29.9 Å². The maximum absolute atomic E-state index is 14.2. The predicted molar refractivity (Wildman–Crippen MR) is 137 cm³/mol. The lowest BCUT2D eigenvalue weighted by atomic mass is 10.2. The quantitative estimate of drug-likeness (QED) is 0.224. The van der Waals surface area contributed by atoms with Crippen molar-refractivity contribution in [2.75, 3.05) is 0 Å². The molecule has 0 N–H and O–H groups in total. The van der Waals surface area contributed by atoms with Gasteiger partial charge in [-0.05, 0) is 26.8 Å². The summed E-state index contributed by atoms with van der Waals surface area (Å²) in [6.07, 6.45) is 0. The van der Waals surface area contributed by atoms with E-state index in [1.165, 1.54) is 0 Å². The van der Waals surface area contributed by atoms with Gasteiger partial charge in [-0.1, -0.05) is 41.5 Å². The van der Waals surface area contributed by atoms with Crippen molar-refractivity contribution in [2.45, 2.75) is 85.1 Å². The molecule has 0 fully saturated rings. The molecule has 11 heteroatoms. The van der Waals surface area contributed by atoms with Crippen molar-refractivity contribution in [1.82, 2.24) is 29.9 Å². The van der Waals surface area contributed by atoms with Crippen LogP contribution < -0.4 is 9.05 Å². The Balaban J connectivity index is 2.06. The van der Waals surface area contributed by atoms with Crippen molar-refractivity contribution >= 4 is 18.2 Å². The van der Waals surface area contributed by atoms with Crippen LogP contribution in [0, 0.1) is 20.8 Å². The summed E-state index contributed by atoms with van der Waals surface area (Å²) < 4.78 is 26.2. The molecule has 0 aromatic carbocycles. The largest absolute Gasteiger partial charge is 0.501 e. The van der Waals surface area contributed by atoms with Gasteiger partial charge in [0.1, 0.15) is 22.5 Å². The standard InChI is InChI=1S/C24H33N6O3PS/c1-13(2)22-25-16(7)10-19(28-22)32-34(31,33-20-11-17(8)26-23(29-20)14(3)4)35-21-12-18(9)27-24(30-21)15(5)6/h10-15H,1-9H3. The molecule has 0 saturated carbocycles. The summed E-state index contributed by atoms with van der Waals surface area (Å²) in [6, 6.07) is 5.03. The Bertz CT molecular complexity index is 1100. The maximum Gasteiger partial charge on any atom is 0.501 e. The van der Waals surface area contributed by atoms with Crippen molar-refractivity contribution in [3.05, 3.63) is 52.8 Å². The molecule has 0 bridgehead atoms. The number of nitrogens with zero attached hydrogens (tertiary/aromatic N) is 6. The van der Waals surface area contributed by atoms with Crippen LogP contribution in [-0.2, 0) is 4.57 Å². The van der Waals surface area contributed by atoms with Crippen LogP contribution >= 0.6 is 18.2 Å². The van der Waals surface area contributed by atoms with Gasteiger partial charge in [0.05, 0.1) is 0 Å². The van der Waals surface area contributed by atoms with Crippen molar-refractivity contribution in [1.29, 1.82) is 0 Å². The minimum Gasteiger partial charge on any atom is -0.390 e. The molecule has 3 aromatic rings. The molecule has 0 spiro atoms. The van der Waals surface area contributed by atoms with Gasteiger partial charge in [0.25, 0.3) is 0 Å². The number of aromatic nitrogens is 6. The molecule has 0 aliphatic heterocycles. The molecule has 0 atom stereocenters. The molecule has 0 radical (unpaired) electrons. The van der Waals surface area contributed by atoms with E-state index < -0.39 is 6.80 Å². The highest BCUT2D eigenvalue weighted by atomic mass is 32.7. The van der Waals surface area contributed by atoms with Crippen LogP contribution in [0.2, 0.25) is 0 Å². The zero-order chi connectivity index (χ0) is 25.9. The minimum atomic E-state index is -3.95. The van der Waals surface area contributed by atoms with E-state index in [1.807, 2.05) is 62.3 Å². The Kier molecular flexibility index (Phi) is 8.49. The zero-order valence-electron chi connectivity index (χ0n) is 21.7. The van der Waals surface area contributed by atoms with E-state index >= 15 is 0 Å². The van der Waals surface area contributed by atoms with Gasteiger partial charge in [-0.2, -0.15) is 9.97 Å². The Labute approximate surface area is 211 Å². The first-order valence-corrected chi connectivity index (χ1v) is 14.6. The number of hydrogen-bond donors (Lipinski definition) is 0. The Morgan fingerprint density at radius 2 is 1.00 bits per heavy atom. The average Bonchev–Trinajstić information content (AvgIpc) is 2.71. The first-order valence-electron chi connectivity index (χ1n) is 11.6. The van der Waals surface area contributed by atoms with E-state index in [4.69, 9.17) is 9.05 Å². The fourth-order valence-electron chi connectivity index (χ4n) is 3.00. The average molecular weight is 517 g/mol. The molecule has 0 aliphatic rings. The SMILES string of the molecule is Cc1cc(OP(=O)(Oc2cc(C)nc(C(C)C)n2)Sc2cc(C)nc(C(C)C)n2)nc(C(C)C)n1. The van der Waals surface area contributed by atoms with Gasteiger partial charge < -0.3 is 9.05 Å². The smallest absolute Gasteiger partial charge is 0.390 e. The first kappa shape index (κ1) is 27.0. The Hall–Kier alpha value is -2.58. The van der Waals surface area contributed by atoms with Gasteiger partial charge in [0.2, 0.25) is 11.8 Å². The lowest BCUT2D eigenvalue weighted by Gasteiger charge is -2.19. The summed E-state index contributed by atoms with van der Waals surface area (Å²) in [7, 11) is 0. The van der Waals surface area contributed by atoms with E-state index in [1.54, 1.807) is 18.2 Å². The van der Waals surface area contributed by atoms with Gasteiger partial charge in [-0.15, -0.1) is 0 Å². The molecule has 9 nitrogen and oxygen atoms in total. The van der Waals surface area contributed by atoms with Crippen LogP contribution in [0.3, 0.4) is 0 Å². The highest BCUT2D eigenvalue weighted by Gasteiger charge is 2.34. The molecular formula is C24H33N6O3PS. The summed E-state index contributed by atoms with van der Waals surface area (Å²) >= 11 is 0.906. The monoisotopic (exact) mass is 516 g/mol. The molecule has 35 heavy (non-hydrogen) atoms. The van der Waals surface area contributed by atoms with E-state index in [-0.39, 0.29) is 29.5 Å². The van der Waals surface area contributed by atoms with Crippen LogP contribution in [0.25, 0.3) is 0 Å². The maximum atomic E-state index is 14.2. The minimum absolute atomic E-state index is 0.0708. The van der Waals surface area contributed by atoms with Gasteiger partial charge in [0.15, 0.2) is 0 Å². The predicted octanol–water partition coefficient (Wildman–Crippen LogP) is 6.71. The van der Waals surface area contributed by atoms with E-state index in [2.05, 4.69) is 29.9 Å². The highest BCUT2D eigenvalue weighted by Crippen LogP contribution is 2.62. The molecule has 0 amide bonds. The lowest BCUT2D eigenvalue weighted by Crippen LogP contribution is -2.07. The third-order valence-electron chi connectivity index (χ3n) is 4.71. The summed E-state index contributed by atoms with van der Waals surface area (Å²) in [5, 5.41) is 0.481. The Morgan fingerprint density at radius 3 is 1.40 bits per heavy atom. The Morgan fingerprint density at radius 1 is 0.629 bits per heavy atom. The van der Waals surface area contributed by atoms with Crippen LogP contribution in [0.4, 0.5) is 0 Å². The third-order valence-corrected chi connectivity index (χ3v) is 7.83. The zero-order valence-corrected chi connectivity index (χ0v) is 23.4. The molecule has 3 aromatic heterocycles. The topological polar surface area (TPSA) is 113 Å². The second kappa shape index (κ2) is 11.0. The fraction of sp³-hybridized carbons (Fsp3) is 0.500. The summed E-state index contributed by atoms with van der Waals surface area (Å²) in [5.74, 6) is 2.42. The highest BCUT2D eigenvalue weighted by molar-refractivity contribution is 8.55. The van der Waals surface area contributed by atoms with Gasteiger partial charge >= 0.3 is 6.80 Å². The third kappa shape index (κ3) is 7.45. The van der Waals surface area contributed by atoms with Crippen LogP contribution in [0.15, 0.2) is 23.2 Å². The summed E-state index contributed by atoms with van der Waals surface area (Å²) in [6.45, 7) is 13.5. The van der Waals surface area contributed by atoms with Gasteiger partial charge in [-0.25, -0.2) is 24.5 Å². The summed E-state index contributed by atoms with van der Waals surface area (Å²) in [4.78, 5) is 26.9. The van der Waals surface area contributed by atoms with E-state index in [9.17, 15) is 4.57 Å². The molecule has 0 saturated heterocycles. The molecule has 0 unspecified atom stereocenters. The lowest BCUT2D eigenvalue weighted by molar-refractivity contribution is 0.392. The van der Waals surface area contributed by atoms with E-state index in [0.29, 0.717) is 33.9 Å². The number of aryl methyl sites for hydroxylation is 3. The molecule has 3 rings (SSSR count). The van der Waals surface area contributed by atoms with Gasteiger partial charge in [-0.3, -0.25) is 0 Å². The van der Waals surface area contributed by atoms with Gasteiger partial charge in [0, 0.05) is 58.3 Å². The molecule has 188 valence electrons. The second-order valence-corrected chi connectivity index (χ2v) is 13.1. The molecule has 0 aliphatic carbocycles. The van der Waals surface area contributed by atoms with Crippen LogP contribution in [0.1, 0.15) is 93.9 Å². The van der Waals surface area contributed by atoms with Crippen molar-refractivity contribution in [3.63, 3.8) is 0 Å². The van der Waals surface area contributed by atoms with Crippen molar-refractivity contribution < 1.29 is 13.6 Å². The van der Waals surface area contributed by atoms with Crippen molar-refractivity contribution in [3.8, 4) is 11.8 Å². The first-order chi connectivity index (χ1) is 16.3. The second-order valence-electron chi connectivity index (χ2n) is 9.30. The van der Waals surface area contributed by atoms with E-state index in [0.717, 1.165) is 17.1 Å². The van der Waals surface area contributed by atoms with Crippen LogP contribution in [0.5, 0.6) is 11.8 Å². The van der Waals surface area contributed by atoms with Crippen molar-refractivity contribution in [2.24, 2.45) is 0 Å². The summed E-state index contributed by atoms with van der Waals surface area (Å²) in [5.41, 5.74) is 2.17. The fourth-order valence-corrected chi connectivity index (χ4v) is 5.99. The normalized spacial score (nSPS) is 12.0. The number of rotatable bonds is 9. The molecule has 3 heterocycles.